The molecule has 0 aliphatic heterocycles. The van der Waals surface area contributed by atoms with Crippen LogP contribution in [-0.4, -0.2) is 16.9 Å². The van der Waals surface area contributed by atoms with Gasteiger partial charge in [0.15, 0.2) is 0 Å². The van der Waals surface area contributed by atoms with Crippen molar-refractivity contribution >= 4 is 23.1 Å². The summed E-state index contributed by atoms with van der Waals surface area (Å²) in [7, 11) is 0. The number of alkyl halides is 1. The van der Waals surface area contributed by atoms with Crippen molar-refractivity contribution in [1.82, 2.24) is 4.37 Å². The van der Waals surface area contributed by atoms with Crippen molar-refractivity contribution < 1.29 is 9.47 Å². The van der Waals surface area contributed by atoms with Crippen LogP contribution in [0.25, 0.3) is 10.4 Å². The number of halogens is 1. The lowest BCUT2D eigenvalue weighted by Gasteiger charge is -2.16. The van der Waals surface area contributed by atoms with Gasteiger partial charge in [0.1, 0.15) is 18.1 Å². The Kier molecular flexibility index (Phi) is 7.13. The summed E-state index contributed by atoms with van der Waals surface area (Å²) in [5.74, 6) is 2.29. The Morgan fingerprint density at radius 3 is 2.52 bits per heavy atom. The molecule has 5 heteroatoms. The van der Waals surface area contributed by atoms with Gasteiger partial charge in [0.2, 0.25) is 0 Å². The van der Waals surface area contributed by atoms with E-state index >= 15 is 0 Å². The van der Waals surface area contributed by atoms with Crippen LogP contribution in [0.15, 0.2) is 48.5 Å². The standard InChI is InChI=1S/C22H24ClNO2S/c1-3-18-13-19(22-12-16(2)24-27-22)21(14-20(18)25-11-7-10-23)26-15-17-8-5-4-6-9-17/h4-6,8-9,12-14H,3,7,10-11,15H2,1-2H3. The first-order valence-corrected chi connectivity index (χ1v) is 10.5. The molecule has 27 heavy (non-hydrogen) atoms. The van der Waals surface area contributed by atoms with Crippen molar-refractivity contribution in [1.29, 1.82) is 0 Å². The Bertz CT molecular complexity index is 864. The number of ether oxygens (including phenoxy) is 2. The number of aryl methyl sites for hydroxylation is 2. The van der Waals surface area contributed by atoms with Crippen LogP contribution in [0.4, 0.5) is 0 Å². The van der Waals surface area contributed by atoms with E-state index in [1.165, 1.54) is 11.5 Å². The zero-order chi connectivity index (χ0) is 19.1. The van der Waals surface area contributed by atoms with Crippen molar-refractivity contribution in [2.45, 2.75) is 33.3 Å². The Labute approximate surface area is 170 Å². The fourth-order valence-electron chi connectivity index (χ4n) is 2.79. The fraction of sp³-hybridized carbons (Fsp3) is 0.318. The van der Waals surface area contributed by atoms with Crippen molar-refractivity contribution in [3.8, 4) is 21.9 Å². The van der Waals surface area contributed by atoms with Gasteiger partial charge < -0.3 is 9.47 Å². The van der Waals surface area contributed by atoms with Crippen LogP contribution in [0.3, 0.4) is 0 Å². The summed E-state index contributed by atoms with van der Waals surface area (Å²) in [6, 6.07) is 16.5. The molecule has 3 nitrogen and oxygen atoms in total. The van der Waals surface area contributed by atoms with E-state index in [-0.39, 0.29) is 0 Å². The van der Waals surface area contributed by atoms with Gasteiger partial charge in [0, 0.05) is 17.5 Å². The first kappa shape index (κ1) is 19.7. The van der Waals surface area contributed by atoms with Crippen molar-refractivity contribution in [2.75, 3.05) is 12.5 Å². The smallest absolute Gasteiger partial charge is 0.132 e. The quantitative estimate of drug-likeness (QED) is 0.313. The van der Waals surface area contributed by atoms with Gasteiger partial charge in [0.25, 0.3) is 0 Å². The molecule has 0 aliphatic carbocycles. The van der Waals surface area contributed by atoms with Crippen LogP contribution in [0.1, 0.15) is 30.2 Å². The largest absolute Gasteiger partial charge is 0.493 e. The molecule has 3 rings (SSSR count). The van der Waals surface area contributed by atoms with Crippen LogP contribution >= 0.6 is 23.1 Å². The van der Waals surface area contributed by atoms with Crippen molar-refractivity contribution in [3.63, 3.8) is 0 Å². The highest BCUT2D eigenvalue weighted by Gasteiger charge is 2.15. The molecular formula is C22H24ClNO2S. The molecule has 0 atom stereocenters. The minimum absolute atomic E-state index is 0.512. The lowest BCUT2D eigenvalue weighted by atomic mass is 10.0. The molecular weight excluding hydrogens is 378 g/mol. The SMILES string of the molecule is CCc1cc(-c2cc(C)ns2)c(OCc2ccccc2)cc1OCCCCl. The van der Waals surface area contributed by atoms with Gasteiger partial charge in [-0.1, -0.05) is 37.3 Å². The molecule has 0 unspecified atom stereocenters. The molecule has 0 saturated carbocycles. The highest BCUT2D eigenvalue weighted by atomic mass is 35.5. The van der Waals surface area contributed by atoms with E-state index in [0.717, 1.165) is 51.6 Å². The predicted octanol–water partition coefficient (Wildman–Crippen LogP) is 6.27. The lowest BCUT2D eigenvalue weighted by Crippen LogP contribution is -2.03. The van der Waals surface area contributed by atoms with Gasteiger partial charge in [-0.25, -0.2) is 0 Å². The minimum Gasteiger partial charge on any atom is -0.493 e. The molecule has 142 valence electrons. The third-order valence-corrected chi connectivity index (χ3v) is 5.39. The van der Waals surface area contributed by atoms with Gasteiger partial charge in [-0.05, 0) is 54.6 Å². The second-order valence-corrected chi connectivity index (χ2v) is 7.49. The monoisotopic (exact) mass is 401 g/mol. The first-order valence-electron chi connectivity index (χ1n) is 9.17. The number of rotatable bonds is 9. The summed E-state index contributed by atoms with van der Waals surface area (Å²) in [5, 5.41) is 0. The second kappa shape index (κ2) is 9.77. The molecule has 0 saturated heterocycles. The van der Waals surface area contributed by atoms with E-state index in [1.807, 2.05) is 31.2 Å². The average molecular weight is 402 g/mol. The molecule has 0 spiro atoms. The molecule has 0 aliphatic rings. The van der Waals surface area contributed by atoms with Gasteiger partial charge in [0.05, 0.1) is 17.2 Å². The average Bonchev–Trinajstić information content (AvgIpc) is 3.13. The Hall–Kier alpha value is -2.04. The summed E-state index contributed by atoms with van der Waals surface area (Å²) in [6.45, 7) is 5.26. The number of hydrogen-bond donors (Lipinski definition) is 0. The molecule has 3 aromatic rings. The van der Waals surface area contributed by atoms with Crippen LogP contribution in [0.5, 0.6) is 11.5 Å². The predicted molar refractivity (Wildman–Crippen MR) is 113 cm³/mol. The topological polar surface area (TPSA) is 31.4 Å². The normalized spacial score (nSPS) is 10.8. The fourth-order valence-corrected chi connectivity index (χ4v) is 3.68. The van der Waals surface area contributed by atoms with Gasteiger partial charge >= 0.3 is 0 Å². The molecule has 1 aromatic heterocycles. The maximum atomic E-state index is 6.21. The summed E-state index contributed by atoms with van der Waals surface area (Å²) >= 11 is 7.28. The minimum atomic E-state index is 0.512. The third-order valence-electron chi connectivity index (χ3n) is 4.21. The maximum Gasteiger partial charge on any atom is 0.132 e. The zero-order valence-electron chi connectivity index (χ0n) is 15.7. The molecule has 0 N–H and O–H groups in total. The molecule has 0 fully saturated rings. The summed E-state index contributed by atoms with van der Waals surface area (Å²) in [5.41, 5.74) is 4.38. The second-order valence-electron chi connectivity index (χ2n) is 6.31. The molecule has 0 amide bonds. The Balaban J connectivity index is 1.93. The van der Waals surface area contributed by atoms with Crippen LogP contribution in [0, 0.1) is 6.92 Å². The summed E-state index contributed by atoms with van der Waals surface area (Å²) in [4.78, 5) is 1.11. The third kappa shape index (κ3) is 5.24. The van der Waals surface area contributed by atoms with E-state index in [0.29, 0.717) is 19.1 Å². The number of nitrogens with zero attached hydrogens (tertiary/aromatic N) is 1. The van der Waals surface area contributed by atoms with Crippen LogP contribution in [0.2, 0.25) is 0 Å². The summed E-state index contributed by atoms with van der Waals surface area (Å²) in [6.07, 6.45) is 1.71. The van der Waals surface area contributed by atoms with E-state index in [1.54, 1.807) is 0 Å². The van der Waals surface area contributed by atoms with Gasteiger partial charge in [-0.2, -0.15) is 4.37 Å². The van der Waals surface area contributed by atoms with E-state index in [9.17, 15) is 0 Å². The highest BCUT2D eigenvalue weighted by molar-refractivity contribution is 7.09. The highest BCUT2D eigenvalue weighted by Crippen LogP contribution is 2.39. The van der Waals surface area contributed by atoms with Gasteiger partial charge in [-0.3, -0.25) is 0 Å². The summed E-state index contributed by atoms with van der Waals surface area (Å²) < 4.78 is 16.6. The van der Waals surface area contributed by atoms with Crippen molar-refractivity contribution in [3.05, 3.63) is 65.4 Å². The Morgan fingerprint density at radius 2 is 1.85 bits per heavy atom. The maximum absolute atomic E-state index is 6.21. The molecule has 2 aromatic carbocycles. The van der Waals surface area contributed by atoms with E-state index < -0.39 is 0 Å². The van der Waals surface area contributed by atoms with Crippen LogP contribution < -0.4 is 9.47 Å². The number of aromatic nitrogens is 1. The number of hydrogen-bond acceptors (Lipinski definition) is 4. The van der Waals surface area contributed by atoms with E-state index in [2.05, 4.69) is 35.6 Å². The molecule has 1 heterocycles. The van der Waals surface area contributed by atoms with Gasteiger partial charge in [-0.15, -0.1) is 11.6 Å². The molecule has 0 bridgehead atoms. The van der Waals surface area contributed by atoms with Crippen LogP contribution in [-0.2, 0) is 13.0 Å². The van der Waals surface area contributed by atoms with Crippen molar-refractivity contribution in [2.24, 2.45) is 0 Å². The lowest BCUT2D eigenvalue weighted by molar-refractivity contribution is 0.295. The number of benzene rings is 2. The first-order chi connectivity index (χ1) is 13.2. The zero-order valence-corrected chi connectivity index (χ0v) is 17.3. The molecule has 0 radical (unpaired) electrons. The Morgan fingerprint density at radius 1 is 1.04 bits per heavy atom. The van der Waals surface area contributed by atoms with E-state index in [4.69, 9.17) is 21.1 Å².